The van der Waals surface area contributed by atoms with Gasteiger partial charge in [-0.2, -0.15) is 0 Å². The Kier molecular flexibility index (Phi) is 6.53. The second-order valence-corrected chi connectivity index (χ2v) is 4.79. The van der Waals surface area contributed by atoms with Crippen molar-refractivity contribution in [3.63, 3.8) is 0 Å². The van der Waals surface area contributed by atoms with Gasteiger partial charge in [0.05, 0.1) is 0 Å². The fourth-order valence-corrected chi connectivity index (χ4v) is 2.13. The molecular weight excluding hydrogens is 237 g/mol. The Morgan fingerprint density at radius 3 is 2.71 bits per heavy atom. The number of nitrogens with one attached hydrogen (secondary N) is 1. The summed E-state index contributed by atoms with van der Waals surface area (Å²) in [5.74, 6) is -0.213. The standard InChI is InChI=1S/C14H21ClFN/c1-3-5-13(17-8-4-2)10-11-9-12(16)6-7-14(11)15/h6-7,9,13,17H,3-5,8,10H2,1-2H3. The number of hydrogen-bond donors (Lipinski definition) is 1. The lowest BCUT2D eigenvalue weighted by Gasteiger charge is -2.18. The van der Waals surface area contributed by atoms with Crippen LogP contribution in [0.1, 0.15) is 38.7 Å². The molecule has 1 unspecified atom stereocenters. The first-order valence-corrected chi connectivity index (χ1v) is 6.72. The van der Waals surface area contributed by atoms with Crippen LogP contribution < -0.4 is 5.32 Å². The molecule has 0 saturated heterocycles. The molecule has 0 bridgehead atoms. The fourth-order valence-electron chi connectivity index (χ4n) is 1.94. The highest BCUT2D eigenvalue weighted by molar-refractivity contribution is 6.31. The van der Waals surface area contributed by atoms with E-state index < -0.39 is 0 Å². The zero-order chi connectivity index (χ0) is 12.7. The number of halogens is 2. The SMILES string of the molecule is CCCNC(CCC)Cc1cc(F)ccc1Cl. The third-order valence-corrected chi connectivity index (χ3v) is 3.16. The second kappa shape index (κ2) is 7.67. The van der Waals surface area contributed by atoms with Gasteiger partial charge in [0.1, 0.15) is 5.82 Å². The third kappa shape index (κ3) is 5.05. The van der Waals surface area contributed by atoms with E-state index in [0.717, 1.165) is 37.8 Å². The van der Waals surface area contributed by atoms with Crippen molar-refractivity contribution >= 4 is 11.6 Å². The van der Waals surface area contributed by atoms with E-state index in [1.807, 2.05) is 0 Å². The molecule has 17 heavy (non-hydrogen) atoms. The normalized spacial score (nSPS) is 12.7. The molecule has 0 aliphatic carbocycles. The van der Waals surface area contributed by atoms with Gasteiger partial charge in [-0.25, -0.2) is 4.39 Å². The Labute approximate surface area is 108 Å². The molecule has 0 radical (unpaired) electrons. The van der Waals surface area contributed by atoms with E-state index in [-0.39, 0.29) is 5.82 Å². The van der Waals surface area contributed by atoms with Gasteiger partial charge in [-0.3, -0.25) is 0 Å². The molecule has 0 aliphatic heterocycles. The van der Waals surface area contributed by atoms with Gasteiger partial charge in [-0.05, 0) is 49.6 Å². The monoisotopic (exact) mass is 257 g/mol. The van der Waals surface area contributed by atoms with Crippen LogP contribution in [-0.4, -0.2) is 12.6 Å². The second-order valence-electron chi connectivity index (χ2n) is 4.38. The smallest absolute Gasteiger partial charge is 0.123 e. The summed E-state index contributed by atoms with van der Waals surface area (Å²) in [6.07, 6.45) is 4.11. The van der Waals surface area contributed by atoms with Crippen molar-refractivity contribution in [1.29, 1.82) is 0 Å². The van der Waals surface area contributed by atoms with Gasteiger partial charge < -0.3 is 5.32 Å². The number of hydrogen-bond acceptors (Lipinski definition) is 1. The summed E-state index contributed by atoms with van der Waals surface area (Å²) in [6, 6.07) is 4.97. The molecule has 1 N–H and O–H groups in total. The van der Waals surface area contributed by atoms with Crippen LogP contribution in [-0.2, 0) is 6.42 Å². The predicted molar refractivity (Wildman–Crippen MR) is 72.1 cm³/mol. The van der Waals surface area contributed by atoms with Crippen LogP contribution in [0.2, 0.25) is 5.02 Å². The van der Waals surface area contributed by atoms with E-state index in [9.17, 15) is 4.39 Å². The maximum Gasteiger partial charge on any atom is 0.123 e. The molecule has 0 fully saturated rings. The predicted octanol–water partition coefficient (Wildman–Crippen LogP) is 4.19. The van der Waals surface area contributed by atoms with Crippen LogP contribution in [0.4, 0.5) is 4.39 Å². The lowest BCUT2D eigenvalue weighted by atomic mass is 10.0. The molecule has 96 valence electrons. The summed E-state index contributed by atoms with van der Waals surface area (Å²) in [4.78, 5) is 0. The van der Waals surface area contributed by atoms with E-state index in [2.05, 4.69) is 19.2 Å². The fraction of sp³-hybridized carbons (Fsp3) is 0.571. The van der Waals surface area contributed by atoms with E-state index in [1.54, 1.807) is 12.1 Å². The molecule has 0 heterocycles. The summed E-state index contributed by atoms with van der Waals surface area (Å²) in [6.45, 7) is 5.30. The van der Waals surface area contributed by atoms with Crippen LogP contribution in [0.3, 0.4) is 0 Å². The summed E-state index contributed by atoms with van der Waals surface area (Å²) in [5, 5.41) is 4.14. The van der Waals surface area contributed by atoms with Crippen LogP contribution in [0.25, 0.3) is 0 Å². The molecule has 1 nitrogen and oxygen atoms in total. The lowest BCUT2D eigenvalue weighted by Crippen LogP contribution is -2.31. The molecule has 0 amide bonds. The van der Waals surface area contributed by atoms with Crippen molar-refractivity contribution in [3.8, 4) is 0 Å². The van der Waals surface area contributed by atoms with Crippen molar-refractivity contribution in [2.75, 3.05) is 6.54 Å². The van der Waals surface area contributed by atoms with Gasteiger partial charge in [-0.1, -0.05) is 31.9 Å². The van der Waals surface area contributed by atoms with Crippen molar-refractivity contribution in [2.45, 2.75) is 45.6 Å². The number of benzene rings is 1. The van der Waals surface area contributed by atoms with Crippen molar-refractivity contribution in [3.05, 3.63) is 34.6 Å². The Morgan fingerprint density at radius 1 is 1.29 bits per heavy atom. The minimum Gasteiger partial charge on any atom is -0.314 e. The van der Waals surface area contributed by atoms with Crippen molar-refractivity contribution in [1.82, 2.24) is 5.32 Å². The first-order valence-electron chi connectivity index (χ1n) is 6.34. The van der Waals surface area contributed by atoms with Gasteiger partial charge in [0, 0.05) is 11.1 Å². The highest BCUT2D eigenvalue weighted by Gasteiger charge is 2.10. The maximum atomic E-state index is 13.2. The summed E-state index contributed by atoms with van der Waals surface area (Å²) >= 11 is 6.08. The van der Waals surface area contributed by atoms with Gasteiger partial charge in [-0.15, -0.1) is 0 Å². The lowest BCUT2D eigenvalue weighted by molar-refractivity contribution is 0.472. The number of rotatable bonds is 7. The highest BCUT2D eigenvalue weighted by atomic mass is 35.5. The first kappa shape index (κ1) is 14.5. The van der Waals surface area contributed by atoms with E-state index in [1.165, 1.54) is 6.07 Å². The Morgan fingerprint density at radius 2 is 2.06 bits per heavy atom. The van der Waals surface area contributed by atoms with Gasteiger partial charge in [0.2, 0.25) is 0 Å². The minimum absolute atomic E-state index is 0.213. The average molecular weight is 258 g/mol. The molecule has 0 saturated carbocycles. The summed E-state index contributed by atoms with van der Waals surface area (Å²) in [7, 11) is 0. The van der Waals surface area contributed by atoms with Crippen LogP contribution in [0.5, 0.6) is 0 Å². The van der Waals surface area contributed by atoms with Crippen LogP contribution in [0.15, 0.2) is 18.2 Å². The van der Waals surface area contributed by atoms with Crippen molar-refractivity contribution in [2.24, 2.45) is 0 Å². The quantitative estimate of drug-likeness (QED) is 0.772. The van der Waals surface area contributed by atoms with Gasteiger partial charge in [0.25, 0.3) is 0 Å². The Balaban J connectivity index is 2.67. The average Bonchev–Trinajstić information content (AvgIpc) is 2.31. The van der Waals surface area contributed by atoms with Crippen molar-refractivity contribution < 1.29 is 4.39 Å². The Bertz CT molecular complexity index is 341. The molecule has 0 aromatic heterocycles. The molecule has 1 aromatic carbocycles. The molecule has 1 rings (SSSR count). The van der Waals surface area contributed by atoms with Crippen LogP contribution in [0, 0.1) is 5.82 Å². The zero-order valence-corrected chi connectivity index (χ0v) is 11.4. The van der Waals surface area contributed by atoms with E-state index in [0.29, 0.717) is 11.1 Å². The van der Waals surface area contributed by atoms with E-state index in [4.69, 9.17) is 11.6 Å². The molecule has 3 heteroatoms. The zero-order valence-electron chi connectivity index (χ0n) is 10.6. The third-order valence-electron chi connectivity index (χ3n) is 2.79. The molecule has 0 spiro atoms. The molecule has 1 aromatic rings. The van der Waals surface area contributed by atoms with Crippen LogP contribution >= 0.6 is 11.6 Å². The molecular formula is C14H21ClFN. The van der Waals surface area contributed by atoms with Gasteiger partial charge in [0.15, 0.2) is 0 Å². The minimum atomic E-state index is -0.213. The van der Waals surface area contributed by atoms with Gasteiger partial charge >= 0.3 is 0 Å². The highest BCUT2D eigenvalue weighted by Crippen LogP contribution is 2.19. The Hall–Kier alpha value is -0.600. The molecule has 1 atom stereocenters. The topological polar surface area (TPSA) is 12.0 Å². The van der Waals surface area contributed by atoms with E-state index >= 15 is 0 Å². The largest absolute Gasteiger partial charge is 0.314 e. The summed E-state index contributed by atoms with van der Waals surface area (Å²) in [5.41, 5.74) is 0.897. The molecule has 0 aliphatic rings. The maximum absolute atomic E-state index is 13.2. The first-order chi connectivity index (χ1) is 8.17. The summed E-state index contributed by atoms with van der Waals surface area (Å²) < 4.78 is 13.2.